The van der Waals surface area contributed by atoms with E-state index in [4.69, 9.17) is 4.74 Å². The lowest BCUT2D eigenvalue weighted by molar-refractivity contribution is -0.387. The van der Waals surface area contributed by atoms with Gasteiger partial charge < -0.3 is 10.1 Å². The summed E-state index contributed by atoms with van der Waals surface area (Å²) in [7, 11) is 0. The molecule has 26 heavy (non-hydrogen) atoms. The number of amides is 1. The minimum absolute atomic E-state index is 0.0315. The Kier molecular flexibility index (Phi) is 6.29. The standard InChI is InChI=1S/C17H15FN2O5S/c1-10(16(21)19-13-6-4-12(18)5-7-13)25-17(22)11-3-8-15(26-2)14(9-11)20(23)24/h3-10H,1-2H3,(H,19,21)/t10-/m1/s1. The molecule has 2 aromatic carbocycles. The van der Waals surface area contributed by atoms with Gasteiger partial charge in [0.15, 0.2) is 6.10 Å². The molecule has 0 spiro atoms. The van der Waals surface area contributed by atoms with Gasteiger partial charge in [-0.25, -0.2) is 9.18 Å². The number of carbonyl (C=O) groups excluding carboxylic acids is 2. The zero-order valence-corrected chi connectivity index (χ0v) is 14.7. The molecule has 136 valence electrons. The number of nitrogens with one attached hydrogen (secondary N) is 1. The highest BCUT2D eigenvalue weighted by Gasteiger charge is 2.22. The van der Waals surface area contributed by atoms with Crippen LogP contribution in [-0.2, 0) is 9.53 Å². The lowest BCUT2D eigenvalue weighted by Crippen LogP contribution is -2.30. The summed E-state index contributed by atoms with van der Waals surface area (Å²) in [6.45, 7) is 1.36. The van der Waals surface area contributed by atoms with Gasteiger partial charge in [0.05, 0.1) is 15.4 Å². The molecule has 0 saturated heterocycles. The van der Waals surface area contributed by atoms with E-state index in [1.54, 1.807) is 6.26 Å². The maximum Gasteiger partial charge on any atom is 0.339 e. The van der Waals surface area contributed by atoms with Crippen molar-refractivity contribution < 1.29 is 23.6 Å². The van der Waals surface area contributed by atoms with E-state index in [-0.39, 0.29) is 11.3 Å². The van der Waals surface area contributed by atoms with Gasteiger partial charge in [0.25, 0.3) is 11.6 Å². The number of rotatable bonds is 6. The molecule has 2 rings (SSSR count). The molecular weight excluding hydrogens is 363 g/mol. The van der Waals surface area contributed by atoms with Crippen LogP contribution in [0.25, 0.3) is 0 Å². The number of halogens is 1. The van der Waals surface area contributed by atoms with E-state index in [1.807, 2.05) is 0 Å². The number of esters is 1. The molecule has 0 aromatic heterocycles. The maximum absolute atomic E-state index is 12.9. The Hall–Kier alpha value is -2.94. The Morgan fingerprint density at radius 1 is 1.23 bits per heavy atom. The summed E-state index contributed by atoms with van der Waals surface area (Å²) < 4.78 is 17.9. The molecule has 0 fully saturated rings. The molecule has 1 atom stereocenters. The highest BCUT2D eigenvalue weighted by molar-refractivity contribution is 7.98. The number of hydrogen-bond donors (Lipinski definition) is 1. The molecule has 0 aliphatic carbocycles. The third kappa shape index (κ3) is 4.79. The zero-order valence-electron chi connectivity index (χ0n) is 13.9. The van der Waals surface area contributed by atoms with Crippen molar-refractivity contribution in [3.8, 4) is 0 Å². The minimum Gasteiger partial charge on any atom is -0.449 e. The van der Waals surface area contributed by atoms with Crippen LogP contribution >= 0.6 is 11.8 Å². The van der Waals surface area contributed by atoms with Gasteiger partial charge in [-0.1, -0.05) is 0 Å². The fourth-order valence-electron chi connectivity index (χ4n) is 2.02. The summed E-state index contributed by atoms with van der Waals surface area (Å²) in [6, 6.07) is 9.04. The Morgan fingerprint density at radius 2 is 1.88 bits per heavy atom. The van der Waals surface area contributed by atoms with Crippen molar-refractivity contribution in [1.29, 1.82) is 0 Å². The number of ether oxygens (including phenoxy) is 1. The Labute approximate surface area is 152 Å². The van der Waals surface area contributed by atoms with Gasteiger partial charge in [-0.15, -0.1) is 11.8 Å². The third-order valence-corrected chi connectivity index (χ3v) is 4.16. The number of carbonyl (C=O) groups is 2. The number of hydrogen-bond acceptors (Lipinski definition) is 6. The van der Waals surface area contributed by atoms with Crippen molar-refractivity contribution in [2.45, 2.75) is 17.9 Å². The van der Waals surface area contributed by atoms with E-state index < -0.39 is 28.7 Å². The summed E-state index contributed by atoms with van der Waals surface area (Å²) in [4.78, 5) is 35.1. The Balaban J connectivity index is 2.06. The second kappa shape index (κ2) is 8.43. The number of anilines is 1. The van der Waals surface area contributed by atoms with Crippen molar-refractivity contribution in [2.24, 2.45) is 0 Å². The lowest BCUT2D eigenvalue weighted by Gasteiger charge is -2.13. The van der Waals surface area contributed by atoms with Crippen LogP contribution in [0.2, 0.25) is 0 Å². The summed E-state index contributed by atoms with van der Waals surface area (Å²) in [6.07, 6.45) is 0.536. The second-order valence-electron chi connectivity index (χ2n) is 5.19. The van der Waals surface area contributed by atoms with Crippen LogP contribution in [0.1, 0.15) is 17.3 Å². The first kappa shape index (κ1) is 19.4. The predicted molar refractivity (Wildman–Crippen MR) is 94.8 cm³/mol. The van der Waals surface area contributed by atoms with Crippen molar-refractivity contribution in [3.05, 3.63) is 64.0 Å². The maximum atomic E-state index is 12.9. The Bertz CT molecular complexity index is 842. The number of thioether (sulfide) groups is 1. The molecule has 0 radical (unpaired) electrons. The van der Waals surface area contributed by atoms with Crippen molar-refractivity contribution >= 4 is 35.0 Å². The van der Waals surface area contributed by atoms with Gasteiger partial charge in [0, 0.05) is 11.8 Å². The molecule has 0 unspecified atom stereocenters. The summed E-state index contributed by atoms with van der Waals surface area (Å²) in [5, 5.41) is 13.5. The average Bonchev–Trinajstić information content (AvgIpc) is 2.62. The molecule has 0 aliphatic rings. The van der Waals surface area contributed by atoms with E-state index in [9.17, 15) is 24.1 Å². The molecule has 0 bridgehead atoms. The second-order valence-corrected chi connectivity index (χ2v) is 6.04. The molecule has 2 aromatic rings. The first-order valence-corrected chi connectivity index (χ1v) is 8.64. The van der Waals surface area contributed by atoms with Gasteiger partial charge in [0.2, 0.25) is 0 Å². The molecule has 0 aliphatic heterocycles. The SMILES string of the molecule is CSc1ccc(C(=O)O[C@H](C)C(=O)Nc2ccc(F)cc2)cc1[N+](=O)[O-]. The fourth-order valence-corrected chi connectivity index (χ4v) is 2.57. The van der Waals surface area contributed by atoms with Crippen LogP contribution < -0.4 is 5.32 Å². The molecule has 0 heterocycles. The van der Waals surface area contributed by atoms with Crippen molar-refractivity contribution in [2.75, 3.05) is 11.6 Å². The molecule has 1 N–H and O–H groups in total. The van der Waals surface area contributed by atoms with E-state index in [1.165, 1.54) is 55.1 Å². The lowest BCUT2D eigenvalue weighted by atomic mass is 10.2. The zero-order chi connectivity index (χ0) is 19.3. The van der Waals surface area contributed by atoms with Gasteiger partial charge in [-0.3, -0.25) is 14.9 Å². The van der Waals surface area contributed by atoms with Gasteiger partial charge in [-0.2, -0.15) is 0 Å². The molecule has 1 amide bonds. The highest BCUT2D eigenvalue weighted by atomic mass is 32.2. The number of nitro benzene ring substituents is 1. The monoisotopic (exact) mass is 378 g/mol. The summed E-state index contributed by atoms with van der Waals surface area (Å²) in [5.41, 5.74) is 0.102. The van der Waals surface area contributed by atoms with Crippen molar-refractivity contribution in [3.63, 3.8) is 0 Å². The summed E-state index contributed by atoms with van der Waals surface area (Å²) in [5.74, 6) is -1.92. The molecule has 9 heteroatoms. The largest absolute Gasteiger partial charge is 0.449 e. The molecule has 7 nitrogen and oxygen atoms in total. The average molecular weight is 378 g/mol. The summed E-state index contributed by atoms with van der Waals surface area (Å²) >= 11 is 1.18. The van der Waals surface area contributed by atoms with E-state index in [0.29, 0.717) is 10.6 Å². The number of benzene rings is 2. The van der Waals surface area contributed by atoms with Gasteiger partial charge in [-0.05, 0) is 49.6 Å². The number of nitro groups is 1. The molecule has 0 saturated carbocycles. The molecular formula is C17H15FN2O5S. The minimum atomic E-state index is -1.15. The van der Waals surface area contributed by atoms with Crippen LogP contribution in [0.4, 0.5) is 15.8 Å². The van der Waals surface area contributed by atoms with Crippen LogP contribution in [0, 0.1) is 15.9 Å². The van der Waals surface area contributed by atoms with Gasteiger partial charge in [0.1, 0.15) is 5.82 Å². The number of nitrogens with zero attached hydrogens (tertiary/aromatic N) is 1. The quantitative estimate of drug-likeness (QED) is 0.357. The normalized spacial score (nSPS) is 11.5. The fraction of sp³-hybridized carbons (Fsp3) is 0.176. The Morgan fingerprint density at radius 3 is 2.46 bits per heavy atom. The predicted octanol–water partition coefficient (Wildman–Crippen LogP) is 3.64. The van der Waals surface area contributed by atoms with Crippen LogP contribution in [0.15, 0.2) is 47.4 Å². The van der Waals surface area contributed by atoms with E-state index in [0.717, 1.165) is 6.07 Å². The van der Waals surface area contributed by atoms with Gasteiger partial charge >= 0.3 is 5.97 Å². The van der Waals surface area contributed by atoms with Crippen LogP contribution in [0.3, 0.4) is 0 Å². The smallest absolute Gasteiger partial charge is 0.339 e. The highest BCUT2D eigenvalue weighted by Crippen LogP contribution is 2.28. The van der Waals surface area contributed by atoms with E-state index >= 15 is 0 Å². The van der Waals surface area contributed by atoms with Crippen molar-refractivity contribution in [1.82, 2.24) is 0 Å². The van der Waals surface area contributed by atoms with Crippen LogP contribution in [0.5, 0.6) is 0 Å². The third-order valence-electron chi connectivity index (χ3n) is 3.38. The first-order valence-electron chi connectivity index (χ1n) is 7.41. The van der Waals surface area contributed by atoms with Crippen LogP contribution in [-0.4, -0.2) is 29.2 Å². The topological polar surface area (TPSA) is 98.5 Å². The van der Waals surface area contributed by atoms with E-state index in [2.05, 4.69) is 5.32 Å². The first-order chi connectivity index (χ1) is 12.3.